The van der Waals surface area contributed by atoms with Crippen LogP contribution in [0.5, 0.6) is 5.75 Å². The number of nitrogens with zero attached hydrogens (tertiary/aromatic N) is 2. The van der Waals surface area contributed by atoms with Gasteiger partial charge in [-0.3, -0.25) is 9.59 Å². The molecule has 1 aromatic rings. The van der Waals surface area contributed by atoms with Gasteiger partial charge in [-0.1, -0.05) is 12.1 Å². The van der Waals surface area contributed by atoms with Gasteiger partial charge in [-0.25, -0.2) is 5.43 Å². The van der Waals surface area contributed by atoms with Crippen molar-refractivity contribution < 1.29 is 14.3 Å². The van der Waals surface area contributed by atoms with Crippen LogP contribution in [0.3, 0.4) is 0 Å². The summed E-state index contributed by atoms with van der Waals surface area (Å²) in [6, 6.07) is 8.06. The first-order valence-corrected chi connectivity index (χ1v) is 9.41. The number of aryl methyl sites for hydroxylation is 1. The Morgan fingerprint density at radius 3 is 3.04 bits per heavy atom. The summed E-state index contributed by atoms with van der Waals surface area (Å²) in [7, 11) is 0. The lowest BCUT2D eigenvalue weighted by molar-refractivity contribution is -0.133. The molecule has 6 heteroatoms. The molecular weight excluding hydrogens is 330 g/mol. The molecule has 0 spiro atoms. The van der Waals surface area contributed by atoms with Crippen LogP contribution in [0, 0.1) is 12.8 Å². The van der Waals surface area contributed by atoms with Crippen LogP contribution in [0.25, 0.3) is 0 Å². The van der Waals surface area contributed by atoms with Gasteiger partial charge in [-0.2, -0.15) is 5.10 Å². The quantitative estimate of drug-likeness (QED) is 0.851. The third-order valence-corrected chi connectivity index (χ3v) is 4.95. The van der Waals surface area contributed by atoms with Crippen molar-refractivity contribution in [3.05, 3.63) is 29.8 Å². The Morgan fingerprint density at radius 1 is 1.38 bits per heavy atom. The van der Waals surface area contributed by atoms with Crippen LogP contribution in [0.4, 0.5) is 0 Å². The van der Waals surface area contributed by atoms with Gasteiger partial charge in [0.15, 0.2) is 0 Å². The van der Waals surface area contributed by atoms with Crippen molar-refractivity contribution in [3.63, 3.8) is 0 Å². The van der Waals surface area contributed by atoms with E-state index in [0.717, 1.165) is 37.4 Å². The largest absolute Gasteiger partial charge is 0.493 e. The number of carbonyl (C=O) groups excluding carboxylic acids is 2. The molecule has 0 aromatic heterocycles. The maximum atomic E-state index is 12.5. The second-order valence-electron chi connectivity index (χ2n) is 7.19. The van der Waals surface area contributed by atoms with Crippen LogP contribution in [-0.4, -0.2) is 42.1 Å². The number of rotatable bonds is 6. The zero-order valence-electron chi connectivity index (χ0n) is 15.4. The monoisotopic (exact) mass is 357 g/mol. The summed E-state index contributed by atoms with van der Waals surface area (Å²) in [5.74, 6) is 1.39. The second-order valence-corrected chi connectivity index (χ2v) is 7.19. The predicted octanol–water partition coefficient (Wildman–Crippen LogP) is 2.66. The van der Waals surface area contributed by atoms with E-state index in [1.165, 1.54) is 5.56 Å². The van der Waals surface area contributed by atoms with E-state index in [2.05, 4.69) is 23.5 Å². The Hall–Kier alpha value is -2.37. The minimum absolute atomic E-state index is 0.0486. The molecule has 1 N–H and O–H groups in total. The van der Waals surface area contributed by atoms with Crippen molar-refractivity contribution >= 4 is 17.5 Å². The molecule has 0 aliphatic carbocycles. The second kappa shape index (κ2) is 8.83. The number of benzene rings is 1. The molecule has 0 bridgehead atoms. The molecule has 0 radical (unpaired) electrons. The van der Waals surface area contributed by atoms with E-state index < -0.39 is 0 Å². The number of hydrazone groups is 1. The van der Waals surface area contributed by atoms with Crippen LogP contribution in [0.2, 0.25) is 0 Å². The average Bonchev–Trinajstić information content (AvgIpc) is 2.66. The Morgan fingerprint density at radius 2 is 2.27 bits per heavy atom. The molecule has 6 nitrogen and oxygen atoms in total. The van der Waals surface area contributed by atoms with Crippen molar-refractivity contribution in [1.29, 1.82) is 0 Å². The zero-order chi connectivity index (χ0) is 18.4. The van der Waals surface area contributed by atoms with E-state index >= 15 is 0 Å². The third-order valence-electron chi connectivity index (χ3n) is 4.95. The summed E-state index contributed by atoms with van der Waals surface area (Å²) in [6.45, 7) is 4.28. The van der Waals surface area contributed by atoms with E-state index in [0.29, 0.717) is 38.2 Å². The first-order valence-electron chi connectivity index (χ1n) is 9.41. The normalized spacial score (nSPS) is 20.3. The molecule has 0 saturated carbocycles. The number of nitrogens with one attached hydrogen (secondary N) is 1. The van der Waals surface area contributed by atoms with Gasteiger partial charge in [0.2, 0.25) is 11.8 Å². The van der Waals surface area contributed by atoms with Gasteiger partial charge in [0.05, 0.1) is 6.61 Å². The molecule has 2 aliphatic rings. The van der Waals surface area contributed by atoms with Gasteiger partial charge in [0.1, 0.15) is 5.75 Å². The number of piperidine rings is 1. The number of likely N-dealkylation sites (tertiary alicyclic amines) is 1. The van der Waals surface area contributed by atoms with Gasteiger partial charge in [0.25, 0.3) is 0 Å². The molecule has 140 valence electrons. The van der Waals surface area contributed by atoms with Crippen molar-refractivity contribution in [2.45, 2.75) is 45.4 Å². The molecule has 1 aromatic carbocycles. The highest BCUT2D eigenvalue weighted by atomic mass is 16.5. The Bertz CT molecular complexity index is 687. The van der Waals surface area contributed by atoms with Gasteiger partial charge >= 0.3 is 0 Å². The van der Waals surface area contributed by atoms with Gasteiger partial charge in [-0.15, -0.1) is 0 Å². The lowest BCUT2D eigenvalue weighted by atomic mass is 9.98. The minimum atomic E-state index is -0.0486. The van der Waals surface area contributed by atoms with Gasteiger partial charge in [-0.05, 0) is 50.3 Å². The molecule has 1 fully saturated rings. The number of carbonyl (C=O) groups is 2. The van der Waals surface area contributed by atoms with Crippen molar-refractivity contribution in [2.75, 3.05) is 19.7 Å². The number of ether oxygens (including phenoxy) is 1. The van der Waals surface area contributed by atoms with Crippen LogP contribution >= 0.6 is 0 Å². The Labute approximate surface area is 154 Å². The van der Waals surface area contributed by atoms with Crippen LogP contribution in [0.15, 0.2) is 29.4 Å². The number of amides is 2. The molecule has 26 heavy (non-hydrogen) atoms. The van der Waals surface area contributed by atoms with E-state index in [9.17, 15) is 9.59 Å². The standard InChI is InChI=1S/C20H27N3O3/c1-15-4-2-6-18(12-15)26-14-16-5-3-11-23(13-16)20(25)10-8-17-7-9-19(24)22-21-17/h2,4,6,12,16H,3,5,7-11,13-14H2,1H3,(H,22,24). The molecule has 1 saturated heterocycles. The fraction of sp³-hybridized carbons (Fsp3) is 0.550. The molecule has 2 heterocycles. The maximum absolute atomic E-state index is 12.5. The minimum Gasteiger partial charge on any atom is -0.493 e. The van der Waals surface area contributed by atoms with Crippen LogP contribution < -0.4 is 10.2 Å². The van der Waals surface area contributed by atoms with E-state index in [-0.39, 0.29) is 11.8 Å². The molecular formula is C20H27N3O3. The van der Waals surface area contributed by atoms with Crippen LogP contribution in [-0.2, 0) is 9.59 Å². The zero-order valence-corrected chi connectivity index (χ0v) is 15.4. The van der Waals surface area contributed by atoms with E-state index in [1.807, 2.05) is 23.1 Å². The van der Waals surface area contributed by atoms with Crippen molar-refractivity contribution in [2.24, 2.45) is 11.0 Å². The lowest BCUT2D eigenvalue weighted by Gasteiger charge is -2.33. The summed E-state index contributed by atoms with van der Waals surface area (Å²) in [4.78, 5) is 25.6. The number of hydrogen-bond donors (Lipinski definition) is 1. The molecule has 1 unspecified atom stereocenters. The summed E-state index contributed by atoms with van der Waals surface area (Å²) >= 11 is 0. The van der Waals surface area contributed by atoms with Crippen molar-refractivity contribution in [1.82, 2.24) is 10.3 Å². The topological polar surface area (TPSA) is 71.0 Å². The summed E-state index contributed by atoms with van der Waals surface area (Å²) in [5, 5.41) is 4.04. The highest BCUT2D eigenvalue weighted by molar-refractivity contribution is 5.94. The predicted molar refractivity (Wildman–Crippen MR) is 100 cm³/mol. The van der Waals surface area contributed by atoms with Crippen molar-refractivity contribution in [3.8, 4) is 5.75 Å². The third kappa shape index (κ3) is 5.31. The maximum Gasteiger partial charge on any atom is 0.240 e. The summed E-state index contributed by atoms with van der Waals surface area (Å²) in [6.07, 6.45) is 4.32. The Kier molecular flexibility index (Phi) is 6.26. The molecule has 2 aliphatic heterocycles. The number of hydrogen-bond acceptors (Lipinski definition) is 4. The Balaban J connectivity index is 1.43. The highest BCUT2D eigenvalue weighted by Crippen LogP contribution is 2.20. The fourth-order valence-electron chi connectivity index (χ4n) is 3.45. The summed E-state index contributed by atoms with van der Waals surface area (Å²) < 4.78 is 5.92. The van der Waals surface area contributed by atoms with Gasteiger partial charge in [0, 0.05) is 37.6 Å². The molecule has 2 amide bonds. The van der Waals surface area contributed by atoms with Gasteiger partial charge < -0.3 is 9.64 Å². The first-order chi connectivity index (χ1) is 12.6. The molecule has 1 atom stereocenters. The molecule has 3 rings (SSSR count). The fourth-order valence-corrected chi connectivity index (χ4v) is 3.45. The highest BCUT2D eigenvalue weighted by Gasteiger charge is 2.24. The lowest BCUT2D eigenvalue weighted by Crippen LogP contribution is -2.41. The SMILES string of the molecule is Cc1cccc(OCC2CCCN(C(=O)CCC3=NNC(=O)CC3)C2)c1. The van der Waals surface area contributed by atoms with E-state index in [1.54, 1.807) is 0 Å². The van der Waals surface area contributed by atoms with Crippen LogP contribution in [0.1, 0.15) is 44.1 Å². The average molecular weight is 357 g/mol. The summed E-state index contributed by atoms with van der Waals surface area (Å²) in [5.41, 5.74) is 4.58. The van der Waals surface area contributed by atoms with E-state index in [4.69, 9.17) is 4.74 Å². The first kappa shape index (κ1) is 18.4. The smallest absolute Gasteiger partial charge is 0.240 e.